The van der Waals surface area contributed by atoms with Crippen molar-refractivity contribution in [3.63, 3.8) is 0 Å². The maximum atomic E-state index is 13.1. The molecule has 4 aromatic rings. The molecular formula is C28H30N8O5. The van der Waals surface area contributed by atoms with Crippen molar-refractivity contribution in [3.8, 4) is 11.8 Å². The molecule has 13 nitrogen and oxygen atoms in total. The maximum absolute atomic E-state index is 13.1. The second-order valence-electron chi connectivity index (χ2n) is 9.85. The van der Waals surface area contributed by atoms with Crippen molar-refractivity contribution in [2.45, 2.75) is 25.3 Å². The van der Waals surface area contributed by atoms with Gasteiger partial charge < -0.3 is 19.7 Å². The van der Waals surface area contributed by atoms with Crippen molar-refractivity contribution >= 4 is 11.6 Å². The third-order valence-electron chi connectivity index (χ3n) is 7.29. The third kappa shape index (κ3) is 5.88. The quantitative estimate of drug-likeness (QED) is 0.311. The summed E-state index contributed by atoms with van der Waals surface area (Å²) in [5, 5.41) is 31.1. The minimum Gasteiger partial charge on any atom is -0.501 e. The van der Waals surface area contributed by atoms with Crippen LogP contribution < -0.4 is 10.9 Å². The summed E-state index contributed by atoms with van der Waals surface area (Å²) in [4.78, 5) is 32.8. The zero-order valence-electron chi connectivity index (χ0n) is 22.7. The summed E-state index contributed by atoms with van der Waals surface area (Å²) < 4.78 is 13.3. The van der Waals surface area contributed by atoms with Gasteiger partial charge in [0, 0.05) is 44.7 Å². The summed E-state index contributed by atoms with van der Waals surface area (Å²) in [7, 11) is 1.49. The lowest BCUT2D eigenvalue weighted by Gasteiger charge is -2.26. The second-order valence-corrected chi connectivity index (χ2v) is 9.85. The van der Waals surface area contributed by atoms with E-state index < -0.39 is 34.7 Å². The van der Waals surface area contributed by atoms with Gasteiger partial charge in [-0.15, -0.1) is 0 Å². The van der Waals surface area contributed by atoms with Gasteiger partial charge in [0.05, 0.1) is 43.8 Å². The molecule has 2 atom stereocenters. The Bertz CT molecular complexity index is 1620. The van der Waals surface area contributed by atoms with Gasteiger partial charge in [0.1, 0.15) is 17.8 Å². The number of aromatic nitrogens is 5. The molecule has 0 spiro atoms. The molecule has 0 saturated carbocycles. The maximum Gasteiger partial charge on any atom is 0.296 e. The third-order valence-corrected chi connectivity index (χ3v) is 7.29. The molecule has 13 heteroatoms. The lowest BCUT2D eigenvalue weighted by atomic mass is 9.80. The van der Waals surface area contributed by atoms with Crippen LogP contribution in [0, 0.1) is 11.3 Å². The Morgan fingerprint density at radius 1 is 1.22 bits per heavy atom. The first-order chi connectivity index (χ1) is 19.9. The van der Waals surface area contributed by atoms with Crippen LogP contribution in [0.4, 0.5) is 5.69 Å². The van der Waals surface area contributed by atoms with Crippen LogP contribution in [0.1, 0.15) is 51.8 Å². The number of rotatable bonds is 9. The number of anilines is 1. The first-order valence-electron chi connectivity index (χ1n) is 13.2. The molecule has 1 aliphatic heterocycles. The fraction of sp³-hybridized carbons (Fsp3) is 0.357. The Morgan fingerprint density at radius 3 is 2.73 bits per heavy atom. The Kier molecular flexibility index (Phi) is 8.23. The summed E-state index contributed by atoms with van der Waals surface area (Å²) >= 11 is 0. The van der Waals surface area contributed by atoms with E-state index >= 15 is 0 Å². The number of hydrogen-bond acceptors (Lipinski definition) is 10. The minimum atomic E-state index is -0.790. The summed E-state index contributed by atoms with van der Waals surface area (Å²) in [6, 6.07) is 9.50. The van der Waals surface area contributed by atoms with Gasteiger partial charge in [-0.25, -0.2) is 4.98 Å². The van der Waals surface area contributed by atoms with E-state index in [0.717, 1.165) is 30.8 Å². The molecular weight excluding hydrogens is 528 g/mol. The predicted octanol–water partition coefficient (Wildman–Crippen LogP) is 2.06. The van der Waals surface area contributed by atoms with E-state index in [0.29, 0.717) is 25.3 Å². The summed E-state index contributed by atoms with van der Waals surface area (Å²) in [6.07, 6.45) is 6.19. The average Bonchev–Trinajstić information content (AvgIpc) is 3.68. The summed E-state index contributed by atoms with van der Waals surface area (Å²) in [6.45, 7) is 6.53. The highest BCUT2D eigenvalue weighted by Gasteiger charge is 2.31. The number of morpholine rings is 1. The molecule has 41 heavy (non-hydrogen) atoms. The number of hydrogen-bond donors (Lipinski definition) is 2. The first-order valence-corrected chi connectivity index (χ1v) is 13.2. The molecule has 1 fully saturated rings. The molecule has 1 amide bonds. The zero-order chi connectivity index (χ0) is 28.9. The molecule has 4 heterocycles. The van der Waals surface area contributed by atoms with Gasteiger partial charge in [-0.3, -0.25) is 23.7 Å². The number of carbonyl (C=O) groups is 1. The highest BCUT2D eigenvalue weighted by Crippen LogP contribution is 2.39. The number of nitrogens with zero attached hydrogens (tertiary/aromatic N) is 7. The van der Waals surface area contributed by atoms with Gasteiger partial charge in [-0.2, -0.15) is 10.4 Å². The van der Waals surface area contributed by atoms with E-state index in [1.165, 1.54) is 24.1 Å². The molecule has 3 aromatic heterocycles. The highest BCUT2D eigenvalue weighted by molar-refractivity contribution is 6.04. The van der Waals surface area contributed by atoms with E-state index in [4.69, 9.17) is 9.26 Å². The average molecular weight is 559 g/mol. The van der Waals surface area contributed by atoms with E-state index in [-0.39, 0.29) is 11.5 Å². The molecule has 1 saturated heterocycles. The second kappa shape index (κ2) is 12.2. The normalized spacial score (nSPS) is 15.2. The van der Waals surface area contributed by atoms with Gasteiger partial charge in [0.25, 0.3) is 11.5 Å². The fourth-order valence-corrected chi connectivity index (χ4v) is 5.12. The molecule has 1 aliphatic rings. The lowest BCUT2D eigenvalue weighted by molar-refractivity contribution is 0.0359. The Labute approximate surface area is 235 Å². The van der Waals surface area contributed by atoms with Gasteiger partial charge in [0.15, 0.2) is 5.69 Å². The van der Waals surface area contributed by atoms with E-state index in [2.05, 4.69) is 31.5 Å². The van der Waals surface area contributed by atoms with Crippen molar-refractivity contribution < 1.29 is 19.2 Å². The van der Waals surface area contributed by atoms with Gasteiger partial charge in [0.2, 0.25) is 5.75 Å². The topological polar surface area (TPSA) is 164 Å². The number of amides is 1. The van der Waals surface area contributed by atoms with Crippen LogP contribution in [0.25, 0.3) is 0 Å². The number of aromatic hydroxyl groups is 1. The van der Waals surface area contributed by atoms with Crippen molar-refractivity contribution in [2.24, 2.45) is 7.05 Å². The van der Waals surface area contributed by atoms with Crippen LogP contribution in [0.15, 0.2) is 58.4 Å². The number of benzene rings is 1. The van der Waals surface area contributed by atoms with E-state index in [1.54, 1.807) is 18.3 Å². The molecule has 0 radical (unpaired) electrons. The number of nitrogens with one attached hydrogen (secondary N) is 1. The van der Waals surface area contributed by atoms with Crippen LogP contribution in [0.5, 0.6) is 5.75 Å². The molecule has 0 bridgehead atoms. The first kappa shape index (κ1) is 27.8. The van der Waals surface area contributed by atoms with Crippen molar-refractivity contribution in [1.82, 2.24) is 29.4 Å². The Hall–Kier alpha value is -4.80. The van der Waals surface area contributed by atoms with Crippen LogP contribution >= 0.6 is 0 Å². The summed E-state index contributed by atoms with van der Waals surface area (Å²) in [5.41, 5.74) is 1.07. The van der Waals surface area contributed by atoms with Crippen molar-refractivity contribution in [3.05, 3.63) is 87.7 Å². The van der Waals surface area contributed by atoms with Crippen molar-refractivity contribution in [2.75, 3.05) is 38.2 Å². The predicted molar refractivity (Wildman–Crippen MR) is 146 cm³/mol. The van der Waals surface area contributed by atoms with E-state index in [9.17, 15) is 20.0 Å². The van der Waals surface area contributed by atoms with E-state index in [1.807, 2.05) is 29.9 Å². The minimum absolute atomic E-state index is 0.247. The number of carbonyl (C=O) groups excluding carboxylic acids is 1. The molecule has 0 unspecified atom stereocenters. The van der Waals surface area contributed by atoms with Crippen LogP contribution in [0.3, 0.4) is 0 Å². The SMILES string of the molecule is C[C@@H](c1nc(C(=O)Nc2cnoc2)c(O)c(=O)n1C)[C@@H](c1cnn(CCN2CCOCC2)c1)c1ccccc1C#N. The van der Waals surface area contributed by atoms with Crippen LogP contribution in [-0.4, -0.2) is 73.2 Å². The largest absolute Gasteiger partial charge is 0.501 e. The Balaban J connectivity index is 1.52. The highest BCUT2D eigenvalue weighted by atomic mass is 16.5. The standard InChI is InChI=1S/C28H30N8O5/c1-18(26-33-24(25(37)28(39)34(26)2)27(38)32-21-15-31-41-17-21)23(22-6-4-3-5-19(22)13-29)20-14-30-36(16-20)8-7-35-9-11-40-12-10-35/h3-6,14-18,23,37H,7-12H2,1-2H3,(H,32,38)/t18-,23+/m1/s1. The molecule has 0 aliphatic carbocycles. The molecule has 212 valence electrons. The zero-order valence-corrected chi connectivity index (χ0v) is 22.7. The van der Waals surface area contributed by atoms with Crippen LogP contribution in [-0.2, 0) is 18.3 Å². The van der Waals surface area contributed by atoms with Gasteiger partial charge in [-0.05, 0) is 17.2 Å². The summed E-state index contributed by atoms with van der Waals surface area (Å²) in [5.74, 6) is -2.27. The molecule has 2 N–H and O–H groups in total. The Morgan fingerprint density at radius 2 is 2.00 bits per heavy atom. The smallest absolute Gasteiger partial charge is 0.296 e. The monoisotopic (exact) mass is 558 g/mol. The lowest BCUT2D eigenvalue weighted by Crippen LogP contribution is -2.38. The number of ether oxygens (including phenoxy) is 1. The molecule has 5 rings (SSSR count). The number of nitriles is 1. The molecule has 1 aromatic carbocycles. The van der Waals surface area contributed by atoms with Crippen molar-refractivity contribution in [1.29, 1.82) is 5.26 Å². The van der Waals surface area contributed by atoms with Gasteiger partial charge >= 0.3 is 0 Å². The fourth-order valence-electron chi connectivity index (χ4n) is 5.12. The van der Waals surface area contributed by atoms with Gasteiger partial charge in [-0.1, -0.05) is 30.3 Å². The van der Waals surface area contributed by atoms with Crippen LogP contribution in [0.2, 0.25) is 0 Å².